The van der Waals surface area contributed by atoms with Crippen LogP contribution >= 0.6 is 0 Å². The second-order valence-electron chi connectivity index (χ2n) is 5.12. The SMILES string of the molecule is Cc1ccc(OCCNS(=O)(=O)c2ccccc2C#N)c(C)c1. The largest absolute Gasteiger partial charge is 0.492 e. The fourth-order valence-corrected chi connectivity index (χ4v) is 3.34. The molecule has 0 saturated heterocycles. The second kappa shape index (κ2) is 7.27. The second-order valence-corrected chi connectivity index (χ2v) is 6.86. The van der Waals surface area contributed by atoms with Crippen molar-refractivity contribution in [2.45, 2.75) is 18.7 Å². The molecular weight excluding hydrogens is 312 g/mol. The number of ether oxygens (including phenoxy) is 1. The third-order valence-electron chi connectivity index (χ3n) is 3.28. The first kappa shape index (κ1) is 17.0. The lowest BCUT2D eigenvalue weighted by Gasteiger charge is -2.11. The molecule has 0 aliphatic rings. The minimum absolute atomic E-state index is 0.0194. The monoisotopic (exact) mass is 330 g/mol. The Morgan fingerprint density at radius 1 is 1.17 bits per heavy atom. The van der Waals surface area contributed by atoms with Gasteiger partial charge >= 0.3 is 0 Å². The van der Waals surface area contributed by atoms with Gasteiger partial charge in [-0.15, -0.1) is 0 Å². The molecule has 0 spiro atoms. The minimum Gasteiger partial charge on any atom is -0.492 e. The molecule has 23 heavy (non-hydrogen) atoms. The molecule has 0 amide bonds. The number of nitrogens with one attached hydrogen (secondary N) is 1. The smallest absolute Gasteiger partial charge is 0.242 e. The van der Waals surface area contributed by atoms with E-state index in [1.165, 1.54) is 12.1 Å². The zero-order valence-electron chi connectivity index (χ0n) is 13.0. The molecular formula is C17H18N2O3S. The maximum Gasteiger partial charge on any atom is 0.242 e. The van der Waals surface area contributed by atoms with E-state index < -0.39 is 10.0 Å². The molecule has 0 aliphatic carbocycles. The van der Waals surface area contributed by atoms with Crippen LogP contribution in [0.15, 0.2) is 47.4 Å². The van der Waals surface area contributed by atoms with Crippen LogP contribution in [0.3, 0.4) is 0 Å². The molecule has 0 aliphatic heterocycles. The lowest BCUT2D eigenvalue weighted by molar-refractivity contribution is 0.320. The molecule has 0 saturated carbocycles. The summed E-state index contributed by atoms with van der Waals surface area (Å²) in [6.45, 7) is 4.26. The number of nitrogens with zero attached hydrogens (tertiary/aromatic N) is 1. The van der Waals surface area contributed by atoms with Gasteiger partial charge in [-0.2, -0.15) is 5.26 Å². The molecule has 1 N–H and O–H groups in total. The Labute approximate surface area is 136 Å². The van der Waals surface area contributed by atoms with E-state index in [1.807, 2.05) is 38.1 Å². The van der Waals surface area contributed by atoms with Crippen LogP contribution in [0.1, 0.15) is 16.7 Å². The lowest BCUT2D eigenvalue weighted by atomic mass is 10.1. The van der Waals surface area contributed by atoms with Gasteiger partial charge in [0.1, 0.15) is 18.4 Å². The van der Waals surface area contributed by atoms with Crippen molar-refractivity contribution in [3.63, 3.8) is 0 Å². The third-order valence-corrected chi connectivity index (χ3v) is 4.80. The maximum atomic E-state index is 12.2. The van der Waals surface area contributed by atoms with E-state index in [4.69, 9.17) is 10.00 Å². The molecule has 0 radical (unpaired) electrons. The molecule has 6 heteroatoms. The molecule has 2 aromatic carbocycles. The van der Waals surface area contributed by atoms with Crippen molar-refractivity contribution in [2.75, 3.05) is 13.2 Å². The summed E-state index contributed by atoms with van der Waals surface area (Å²) in [5.41, 5.74) is 2.27. The third kappa shape index (κ3) is 4.31. The number of benzene rings is 2. The highest BCUT2D eigenvalue weighted by Crippen LogP contribution is 2.18. The van der Waals surface area contributed by atoms with Gasteiger partial charge in [-0.3, -0.25) is 0 Å². The highest BCUT2D eigenvalue weighted by Gasteiger charge is 2.17. The van der Waals surface area contributed by atoms with Gasteiger partial charge in [0.25, 0.3) is 0 Å². The summed E-state index contributed by atoms with van der Waals surface area (Å²) in [5, 5.41) is 8.99. The highest BCUT2D eigenvalue weighted by molar-refractivity contribution is 7.89. The first-order chi connectivity index (χ1) is 10.9. The summed E-state index contributed by atoms with van der Waals surface area (Å²) in [6.07, 6.45) is 0. The Balaban J connectivity index is 1.97. The number of hydrogen-bond acceptors (Lipinski definition) is 4. The Kier molecular flexibility index (Phi) is 5.37. The molecule has 0 bridgehead atoms. The fraction of sp³-hybridized carbons (Fsp3) is 0.235. The summed E-state index contributed by atoms with van der Waals surface area (Å²) in [5.74, 6) is 0.729. The van der Waals surface area contributed by atoms with Crippen LogP contribution in [0.5, 0.6) is 5.75 Å². The number of sulfonamides is 1. The van der Waals surface area contributed by atoms with Crippen molar-refractivity contribution in [3.05, 3.63) is 59.2 Å². The van der Waals surface area contributed by atoms with Crippen LogP contribution in [0, 0.1) is 25.2 Å². The number of aryl methyl sites for hydroxylation is 2. The fourth-order valence-electron chi connectivity index (χ4n) is 2.17. The van der Waals surface area contributed by atoms with Crippen LogP contribution in [-0.4, -0.2) is 21.6 Å². The average molecular weight is 330 g/mol. The number of nitriles is 1. The lowest BCUT2D eigenvalue weighted by Crippen LogP contribution is -2.28. The van der Waals surface area contributed by atoms with E-state index in [-0.39, 0.29) is 23.6 Å². The van der Waals surface area contributed by atoms with Gasteiger partial charge in [-0.25, -0.2) is 13.1 Å². The highest BCUT2D eigenvalue weighted by atomic mass is 32.2. The normalized spacial score (nSPS) is 11.0. The van der Waals surface area contributed by atoms with Crippen LogP contribution in [0.4, 0.5) is 0 Å². The Hall–Kier alpha value is -2.36. The van der Waals surface area contributed by atoms with Gasteiger partial charge < -0.3 is 4.74 Å². The van der Waals surface area contributed by atoms with Crippen LogP contribution in [-0.2, 0) is 10.0 Å². The standard InChI is InChI=1S/C17H18N2O3S/c1-13-7-8-16(14(2)11-13)22-10-9-19-23(20,21)17-6-4-3-5-15(17)12-18/h3-8,11,19H,9-10H2,1-2H3. The van der Waals surface area contributed by atoms with E-state index in [2.05, 4.69) is 4.72 Å². The molecule has 120 valence electrons. The predicted molar refractivity (Wildman–Crippen MR) is 87.8 cm³/mol. The van der Waals surface area contributed by atoms with Gasteiger partial charge in [-0.1, -0.05) is 29.8 Å². The molecule has 0 heterocycles. The Morgan fingerprint density at radius 2 is 1.91 bits per heavy atom. The number of rotatable bonds is 6. The van der Waals surface area contributed by atoms with E-state index in [0.29, 0.717) is 0 Å². The number of hydrogen-bond donors (Lipinski definition) is 1. The van der Waals surface area contributed by atoms with Crippen molar-refractivity contribution in [3.8, 4) is 11.8 Å². The van der Waals surface area contributed by atoms with Gasteiger partial charge in [0.2, 0.25) is 10.0 Å². The first-order valence-corrected chi connectivity index (χ1v) is 8.61. The van der Waals surface area contributed by atoms with Crippen molar-refractivity contribution in [1.82, 2.24) is 4.72 Å². The van der Waals surface area contributed by atoms with Gasteiger partial charge in [0.15, 0.2) is 0 Å². The summed E-state index contributed by atoms with van der Waals surface area (Å²) < 4.78 is 32.5. The summed E-state index contributed by atoms with van der Waals surface area (Å²) >= 11 is 0. The predicted octanol–water partition coefficient (Wildman–Crippen LogP) is 2.53. The molecule has 0 unspecified atom stereocenters. The first-order valence-electron chi connectivity index (χ1n) is 7.13. The van der Waals surface area contributed by atoms with Crippen molar-refractivity contribution in [2.24, 2.45) is 0 Å². The van der Waals surface area contributed by atoms with Crippen molar-refractivity contribution < 1.29 is 13.2 Å². The molecule has 0 atom stereocenters. The van der Waals surface area contributed by atoms with Crippen LogP contribution in [0.2, 0.25) is 0 Å². The summed E-state index contributed by atoms with van der Waals surface area (Å²) in [6, 6.07) is 13.8. The van der Waals surface area contributed by atoms with Crippen LogP contribution in [0.25, 0.3) is 0 Å². The summed E-state index contributed by atoms with van der Waals surface area (Å²) in [4.78, 5) is -0.0194. The molecule has 0 aromatic heterocycles. The minimum atomic E-state index is -3.73. The average Bonchev–Trinajstić information content (AvgIpc) is 2.53. The van der Waals surface area contributed by atoms with E-state index in [0.717, 1.165) is 16.9 Å². The van der Waals surface area contributed by atoms with Crippen molar-refractivity contribution in [1.29, 1.82) is 5.26 Å². The van der Waals surface area contributed by atoms with Crippen LogP contribution < -0.4 is 9.46 Å². The maximum absolute atomic E-state index is 12.2. The Morgan fingerprint density at radius 3 is 2.61 bits per heavy atom. The van der Waals surface area contributed by atoms with E-state index in [9.17, 15) is 8.42 Å². The molecule has 0 fully saturated rings. The molecule has 2 rings (SSSR count). The van der Waals surface area contributed by atoms with E-state index in [1.54, 1.807) is 12.1 Å². The van der Waals surface area contributed by atoms with Crippen molar-refractivity contribution >= 4 is 10.0 Å². The van der Waals surface area contributed by atoms with Gasteiger partial charge in [0, 0.05) is 6.54 Å². The van der Waals surface area contributed by atoms with Gasteiger partial charge in [-0.05, 0) is 37.6 Å². The molecule has 2 aromatic rings. The quantitative estimate of drug-likeness (QED) is 0.826. The zero-order valence-corrected chi connectivity index (χ0v) is 13.9. The Bertz CT molecular complexity index is 839. The molecule has 5 nitrogen and oxygen atoms in total. The van der Waals surface area contributed by atoms with E-state index >= 15 is 0 Å². The summed E-state index contributed by atoms with van der Waals surface area (Å²) in [7, 11) is -3.73. The van der Waals surface area contributed by atoms with Gasteiger partial charge in [0.05, 0.1) is 10.5 Å². The topological polar surface area (TPSA) is 79.2 Å². The zero-order chi connectivity index (χ0) is 16.9.